The normalized spacial score (nSPS) is 11.2. The summed E-state index contributed by atoms with van der Waals surface area (Å²) in [6.45, 7) is 0.105. The van der Waals surface area contributed by atoms with E-state index in [2.05, 4.69) is 10.5 Å². The summed E-state index contributed by atoms with van der Waals surface area (Å²) >= 11 is 17.6. The highest BCUT2D eigenvalue weighted by Gasteiger charge is 2.07. The number of oxime groups is 1. The molecule has 1 amide bonds. The standard InChI is InChI=1S/C18H12Cl3N3O2/c19-15-4-1-12(2-5-15)7-14(9-22)18(25)23-11-24-26-10-13-3-6-16(20)8-17(13)21/h1-8,11H,10H2,(H,23,24,25)/b14-7-. The number of nitrogens with one attached hydrogen (secondary N) is 1. The van der Waals surface area contributed by atoms with E-state index in [1.807, 2.05) is 6.07 Å². The number of nitrogens with zero attached hydrogens (tertiary/aromatic N) is 2. The van der Waals surface area contributed by atoms with Gasteiger partial charge in [-0.25, -0.2) is 0 Å². The second-order valence-electron chi connectivity index (χ2n) is 4.94. The first-order valence-electron chi connectivity index (χ1n) is 7.25. The molecule has 0 radical (unpaired) electrons. The molecule has 132 valence electrons. The number of hydrogen-bond donors (Lipinski definition) is 1. The van der Waals surface area contributed by atoms with Crippen molar-refractivity contribution in [2.24, 2.45) is 5.16 Å². The number of rotatable bonds is 6. The summed E-state index contributed by atoms with van der Waals surface area (Å²) in [6, 6.07) is 13.5. The van der Waals surface area contributed by atoms with Crippen LogP contribution in [-0.2, 0) is 16.2 Å². The largest absolute Gasteiger partial charge is 0.390 e. The van der Waals surface area contributed by atoms with Crippen molar-refractivity contribution < 1.29 is 9.63 Å². The van der Waals surface area contributed by atoms with Crippen LogP contribution in [0.5, 0.6) is 0 Å². The van der Waals surface area contributed by atoms with E-state index in [4.69, 9.17) is 44.9 Å². The lowest BCUT2D eigenvalue weighted by molar-refractivity contribution is -0.115. The lowest BCUT2D eigenvalue weighted by Gasteiger charge is -2.03. The van der Waals surface area contributed by atoms with Gasteiger partial charge in [-0.15, -0.1) is 0 Å². The van der Waals surface area contributed by atoms with Crippen LogP contribution in [0.4, 0.5) is 0 Å². The van der Waals surface area contributed by atoms with Gasteiger partial charge in [-0.3, -0.25) is 4.79 Å². The molecule has 0 unspecified atom stereocenters. The highest BCUT2D eigenvalue weighted by atomic mass is 35.5. The van der Waals surface area contributed by atoms with Gasteiger partial charge in [0.2, 0.25) is 0 Å². The zero-order valence-corrected chi connectivity index (χ0v) is 15.5. The molecule has 0 aliphatic rings. The third kappa shape index (κ3) is 6.08. The Hall–Kier alpha value is -2.52. The molecule has 2 aromatic carbocycles. The molecule has 2 rings (SSSR count). The van der Waals surface area contributed by atoms with Crippen LogP contribution in [0.2, 0.25) is 15.1 Å². The molecule has 0 fully saturated rings. The second kappa shape index (κ2) is 9.83. The van der Waals surface area contributed by atoms with Gasteiger partial charge in [0.05, 0.1) is 0 Å². The van der Waals surface area contributed by atoms with Crippen LogP contribution >= 0.6 is 34.8 Å². The molecule has 0 heterocycles. The second-order valence-corrected chi connectivity index (χ2v) is 6.22. The van der Waals surface area contributed by atoms with Gasteiger partial charge in [-0.05, 0) is 35.9 Å². The quantitative estimate of drug-likeness (QED) is 0.244. The Balaban J connectivity index is 1.89. The van der Waals surface area contributed by atoms with Crippen molar-refractivity contribution in [1.29, 1.82) is 5.26 Å². The highest BCUT2D eigenvalue weighted by molar-refractivity contribution is 6.35. The molecule has 8 heteroatoms. The van der Waals surface area contributed by atoms with Gasteiger partial charge in [0.25, 0.3) is 5.91 Å². The molecule has 2 aromatic rings. The smallest absolute Gasteiger partial charge is 0.267 e. The molecule has 1 N–H and O–H groups in total. The zero-order chi connectivity index (χ0) is 18.9. The molecule has 0 atom stereocenters. The fraction of sp³-hybridized carbons (Fsp3) is 0.0556. The van der Waals surface area contributed by atoms with Crippen molar-refractivity contribution in [2.75, 3.05) is 0 Å². The Morgan fingerprint density at radius 3 is 2.50 bits per heavy atom. The number of hydrogen-bond acceptors (Lipinski definition) is 4. The molecule has 0 saturated heterocycles. The van der Waals surface area contributed by atoms with Gasteiger partial charge in [0.15, 0.2) is 0 Å². The summed E-state index contributed by atoms with van der Waals surface area (Å²) in [5.41, 5.74) is 1.28. The SMILES string of the molecule is N#C/C(=C/c1ccc(Cl)cc1)C(=O)N/C=N\OCc1ccc(Cl)cc1Cl. The third-order valence-corrected chi connectivity index (χ3v) is 3.94. The third-order valence-electron chi connectivity index (χ3n) is 3.10. The number of carbonyl (C=O) groups excluding carboxylic acids is 1. The maximum Gasteiger partial charge on any atom is 0.267 e. The summed E-state index contributed by atoms with van der Waals surface area (Å²) in [7, 11) is 0. The van der Waals surface area contributed by atoms with Gasteiger partial charge >= 0.3 is 0 Å². The Morgan fingerprint density at radius 1 is 1.15 bits per heavy atom. The zero-order valence-electron chi connectivity index (χ0n) is 13.2. The Labute approximate surface area is 165 Å². The lowest BCUT2D eigenvalue weighted by Crippen LogP contribution is -2.22. The Bertz CT molecular complexity index is 888. The van der Waals surface area contributed by atoms with Gasteiger partial charge in [0.1, 0.15) is 24.6 Å². The fourth-order valence-corrected chi connectivity index (χ4v) is 2.41. The number of halogens is 3. The molecular weight excluding hydrogens is 397 g/mol. The monoisotopic (exact) mass is 407 g/mol. The Morgan fingerprint density at radius 2 is 1.85 bits per heavy atom. The van der Waals surface area contributed by atoms with E-state index in [-0.39, 0.29) is 12.2 Å². The molecule has 5 nitrogen and oxygen atoms in total. The average Bonchev–Trinajstić information content (AvgIpc) is 2.62. The molecule has 0 aliphatic carbocycles. The van der Waals surface area contributed by atoms with Crippen LogP contribution in [0.25, 0.3) is 6.08 Å². The van der Waals surface area contributed by atoms with Gasteiger partial charge in [0, 0.05) is 20.6 Å². The van der Waals surface area contributed by atoms with E-state index in [0.29, 0.717) is 26.2 Å². The molecule has 0 bridgehead atoms. The first kappa shape index (κ1) is 19.8. The molecule has 0 aliphatic heterocycles. The fourth-order valence-electron chi connectivity index (χ4n) is 1.82. The summed E-state index contributed by atoms with van der Waals surface area (Å²) in [5.74, 6) is -0.612. The van der Waals surface area contributed by atoms with Crippen LogP contribution < -0.4 is 5.32 Å². The Kier molecular flexibility index (Phi) is 7.49. The maximum absolute atomic E-state index is 12.0. The van der Waals surface area contributed by atoms with Gasteiger partial charge < -0.3 is 10.2 Å². The van der Waals surface area contributed by atoms with E-state index in [1.165, 1.54) is 6.08 Å². The summed E-state index contributed by atoms with van der Waals surface area (Å²) in [4.78, 5) is 17.0. The molecule has 0 aromatic heterocycles. The minimum absolute atomic E-state index is 0.0838. The number of benzene rings is 2. The number of amides is 1. The topological polar surface area (TPSA) is 74.5 Å². The molecular formula is C18H12Cl3N3O2. The highest BCUT2D eigenvalue weighted by Crippen LogP contribution is 2.21. The van der Waals surface area contributed by atoms with Crippen molar-refractivity contribution in [3.05, 3.63) is 74.2 Å². The van der Waals surface area contributed by atoms with E-state index in [9.17, 15) is 4.79 Å². The minimum Gasteiger partial charge on any atom is -0.390 e. The van der Waals surface area contributed by atoms with Gasteiger partial charge in [-0.1, -0.05) is 58.2 Å². The van der Waals surface area contributed by atoms with Crippen molar-refractivity contribution in [3.63, 3.8) is 0 Å². The van der Waals surface area contributed by atoms with E-state index < -0.39 is 5.91 Å². The average molecular weight is 409 g/mol. The van der Waals surface area contributed by atoms with E-state index in [0.717, 1.165) is 6.34 Å². The van der Waals surface area contributed by atoms with Crippen LogP contribution in [-0.4, -0.2) is 12.2 Å². The summed E-state index contributed by atoms with van der Waals surface area (Å²) in [5, 5.41) is 16.6. The summed E-state index contributed by atoms with van der Waals surface area (Å²) in [6.07, 6.45) is 2.49. The summed E-state index contributed by atoms with van der Waals surface area (Å²) < 4.78 is 0. The molecule has 26 heavy (non-hydrogen) atoms. The van der Waals surface area contributed by atoms with Crippen LogP contribution in [0.15, 0.2) is 53.2 Å². The molecule has 0 saturated carbocycles. The minimum atomic E-state index is -0.612. The van der Waals surface area contributed by atoms with Gasteiger partial charge in [-0.2, -0.15) is 5.26 Å². The van der Waals surface area contributed by atoms with E-state index in [1.54, 1.807) is 42.5 Å². The van der Waals surface area contributed by atoms with Crippen molar-refractivity contribution in [2.45, 2.75) is 6.61 Å². The van der Waals surface area contributed by atoms with E-state index >= 15 is 0 Å². The first-order chi connectivity index (χ1) is 12.5. The number of carbonyl (C=O) groups is 1. The van der Waals surface area contributed by atoms with Crippen LogP contribution in [0.1, 0.15) is 11.1 Å². The van der Waals surface area contributed by atoms with Crippen LogP contribution in [0, 0.1) is 11.3 Å². The number of nitriles is 1. The maximum atomic E-state index is 12.0. The predicted molar refractivity (Wildman–Crippen MR) is 103 cm³/mol. The van der Waals surface area contributed by atoms with Crippen molar-refractivity contribution >= 4 is 53.1 Å². The van der Waals surface area contributed by atoms with Crippen molar-refractivity contribution in [3.8, 4) is 6.07 Å². The lowest BCUT2D eigenvalue weighted by atomic mass is 10.1. The first-order valence-corrected chi connectivity index (χ1v) is 8.39. The van der Waals surface area contributed by atoms with Crippen molar-refractivity contribution in [1.82, 2.24) is 5.32 Å². The van der Waals surface area contributed by atoms with Crippen LogP contribution in [0.3, 0.4) is 0 Å². The molecule has 0 spiro atoms. The predicted octanol–water partition coefficient (Wildman–Crippen LogP) is 4.83.